The molecule has 1 heterocycles. The molecule has 0 radical (unpaired) electrons. The summed E-state index contributed by atoms with van der Waals surface area (Å²) in [7, 11) is 1.57. The number of alkyl halides is 3. The zero-order valence-corrected chi connectivity index (χ0v) is 13.7. The molecule has 25 heavy (non-hydrogen) atoms. The summed E-state index contributed by atoms with van der Waals surface area (Å²) in [6.45, 7) is 1.58. The van der Waals surface area contributed by atoms with Crippen molar-refractivity contribution >= 4 is 12.1 Å². The predicted octanol–water partition coefficient (Wildman–Crippen LogP) is 2.64. The van der Waals surface area contributed by atoms with E-state index in [2.05, 4.69) is 16.1 Å². The molecule has 1 amide bonds. The third-order valence-corrected chi connectivity index (χ3v) is 3.05. The molecule has 1 aromatic heterocycles. The molecule has 0 saturated carbocycles. The first-order valence-electron chi connectivity index (χ1n) is 7.16. The molecule has 0 aliphatic carbocycles. The largest absolute Gasteiger partial charge is 0.473 e. The van der Waals surface area contributed by atoms with Crippen molar-refractivity contribution in [2.75, 3.05) is 12.4 Å². The standard InChI is InChI=1S/C15H15F3N2O.CH4N2O/c1-10-5-3-8-14(20-10)21-9-11-12(15(16,17)18)6-4-7-13(11)19-2;2-3-1-4/h3-8,19H,9H2,1-2H3;1H,2H2,(H,3,4). The van der Waals surface area contributed by atoms with Gasteiger partial charge in [-0.15, -0.1) is 0 Å². The Hall–Kier alpha value is -2.81. The highest BCUT2D eigenvalue weighted by atomic mass is 19.4. The quantitative estimate of drug-likeness (QED) is 0.332. The second kappa shape index (κ2) is 9.48. The number of nitrogens with one attached hydrogen (secondary N) is 2. The van der Waals surface area contributed by atoms with Gasteiger partial charge >= 0.3 is 6.18 Å². The number of aryl methyl sites for hydroxylation is 1. The van der Waals surface area contributed by atoms with Crippen molar-refractivity contribution in [2.45, 2.75) is 19.7 Å². The maximum atomic E-state index is 13.1. The number of carbonyl (C=O) groups excluding carboxylic acids is 1. The van der Waals surface area contributed by atoms with E-state index < -0.39 is 11.7 Å². The summed E-state index contributed by atoms with van der Waals surface area (Å²) in [5, 5.41) is 2.76. The van der Waals surface area contributed by atoms with Gasteiger partial charge in [0.25, 0.3) is 0 Å². The van der Waals surface area contributed by atoms with Crippen LogP contribution in [0.5, 0.6) is 5.88 Å². The molecule has 0 aliphatic rings. The number of hydrogen-bond acceptors (Lipinski definition) is 5. The van der Waals surface area contributed by atoms with Crippen LogP contribution in [0.25, 0.3) is 0 Å². The first-order valence-corrected chi connectivity index (χ1v) is 7.16. The van der Waals surface area contributed by atoms with Crippen molar-refractivity contribution in [3.05, 3.63) is 53.2 Å². The monoisotopic (exact) mass is 356 g/mol. The Morgan fingerprint density at radius 3 is 2.40 bits per heavy atom. The van der Waals surface area contributed by atoms with Gasteiger partial charge in [0.1, 0.15) is 6.61 Å². The molecule has 0 spiro atoms. The first-order chi connectivity index (χ1) is 11.8. The van der Waals surface area contributed by atoms with Crippen LogP contribution in [-0.4, -0.2) is 18.4 Å². The minimum Gasteiger partial charge on any atom is -0.473 e. The summed E-state index contributed by atoms with van der Waals surface area (Å²) in [6.07, 6.45) is -4.02. The summed E-state index contributed by atoms with van der Waals surface area (Å²) in [6, 6.07) is 9.13. The molecule has 6 nitrogen and oxygen atoms in total. The van der Waals surface area contributed by atoms with Gasteiger partial charge in [0.05, 0.1) is 5.56 Å². The van der Waals surface area contributed by atoms with Crippen molar-refractivity contribution in [3.8, 4) is 5.88 Å². The fourth-order valence-electron chi connectivity index (χ4n) is 1.99. The highest BCUT2D eigenvalue weighted by Crippen LogP contribution is 2.35. The zero-order chi connectivity index (χ0) is 18.9. The molecule has 0 unspecified atom stereocenters. The van der Waals surface area contributed by atoms with Crippen molar-refractivity contribution in [2.24, 2.45) is 5.84 Å². The molecule has 0 fully saturated rings. The smallest absolute Gasteiger partial charge is 0.416 e. The maximum absolute atomic E-state index is 13.1. The second-order valence-electron chi connectivity index (χ2n) is 4.77. The predicted molar refractivity (Wildman–Crippen MR) is 87.7 cm³/mol. The van der Waals surface area contributed by atoms with Crippen molar-refractivity contribution in [1.82, 2.24) is 10.4 Å². The van der Waals surface area contributed by atoms with E-state index in [-0.39, 0.29) is 12.2 Å². The van der Waals surface area contributed by atoms with E-state index in [1.54, 1.807) is 43.7 Å². The van der Waals surface area contributed by atoms with Gasteiger partial charge < -0.3 is 10.1 Å². The van der Waals surface area contributed by atoms with Crippen LogP contribution in [0.15, 0.2) is 36.4 Å². The normalized spacial score (nSPS) is 10.3. The van der Waals surface area contributed by atoms with E-state index in [9.17, 15) is 13.2 Å². The number of amides is 1. The molecule has 4 N–H and O–H groups in total. The number of aromatic nitrogens is 1. The van der Waals surface area contributed by atoms with Crippen LogP contribution in [0.2, 0.25) is 0 Å². The van der Waals surface area contributed by atoms with Gasteiger partial charge in [-0.25, -0.2) is 10.8 Å². The number of halogens is 3. The Bertz CT molecular complexity index is 693. The van der Waals surface area contributed by atoms with E-state index in [0.717, 1.165) is 11.8 Å². The number of hydrogen-bond donors (Lipinski definition) is 3. The number of ether oxygens (including phenoxy) is 1. The number of pyridine rings is 1. The second-order valence-corrected chi connectivity index (χ2v) is 4.77. The zero-order valence-electron chi connectivity index (χ0n) is 13.7. The molecular formula is C16H19F3N4O2. The number of nitrogens with two attached hydrogens (primary N) is 1. The van der Waals surface area contributed by atoms with E-state index in [0.29, 0.717) is 18.0 Å². The van der Waals surface area contributed by atoms with Gasteiger partial charge in [-0.2, -0.15) is 13.2 Å². The minimum absolute atomic E-state index is 0.0656. The van der Waals surface area contributed by atoms with Crippen LogP contribution in [0.3, 0.4) is 0 Å². The van der Waals surface area contributed by atoms with Crippen LogP contribution in [-0.2, 0) is 17.6 Å². The number of anilines is 1. The highest BCUT2D eigenvalue weighted by Gasteiger charge is 2.34. The van der Waals surface area contributed by atoms with Crippen LogP contribution >= 0.6 is 0 Å². The van der Waals surface area contributed by atoms with Crippen molar-refractivity contribution in [3.63, 3.8) is 0 Å². The average molecular weight is 356 g/mol. The Kier molecular flexibility index (Phi) is 7.67. The number of hydrazine groups is 1. The summed E-state index contributed by atoms with van der Waals surface area (Å²) in [4.78, 5) is 13.0. The third kappa shape index (κ3) is 6.30. The van der Waals surface area contributed by atoms with Crippen LogP contribution < -0.4 is 21.3 Å². The molecule has 9 heteroatoms. The molecule has 2 rings (SSSR count). The van der Waals surface area contributed by atoms with Crippen LogP contribution in [0, 0.1) is 6.92 Å². The molecule has 0 aliphatic heterocycles. The summed E-state index contributed by atoms with van der Waals surface area (Å²) in [5.41, 5.74) is 2.24. The van der Waals surface area contributed by atoms with Gasteiger partial charge in [-0.05, 0) is 25.1 Å². The molecule has 136 valence electrons. The van der Waals surface area contributed by atoms with Crippen LogP contribution in [0.4, 0.5) is 18.9 Å². The fraction of sp³-hybridized carbons (Fsp3) is 0.250. The number of rotatable bonds is 5. The lowest BCUT2D eigenvalue weighted by atomic mass is 10.1. The Labute approximate surface area is 143 Å². The maximum Gasteiger partial charge on any atom is 0.416 e. The lowest BCUT2D eigenvalue weighted by Crippen LogP contribution is -2.18. The number of carbonyl (C=O) groups is 1. The molecule has 1 aromatic carbocycles. The first kappa shape index (κ1) is 20.2. The van der Waals surface area contributed by atoms with E-state index in [1.807, 2.05) is 0 Å². The topological polar surface area (TPSA) is 89.3 Å². The molecular weight excluding hydrogens is 337 g/mol. The molecule has 0 bridgehead atoms. The SMILES string of the molecule is CNc1cccc(C(F)(F)F)c1COc1cccc(C)n1.NNC=O. The Balaban J connectivity index is 0.000000705. The van der Waals surface area contributed by atoms with E-state index in [1.165, 1.54) is 6.07 Å². The minimum atomic E-state index is -4.43. The van der Waals surface area contributed by atoms with Crippen molar-refractivity contribution in [1.29, 1.82) is 0 Å². The lowest BCUT2D eigenvalue weighted by Gasteiger charge is -2.17. The van der Waals surface area contributed by atoms with E-state index >= 15 is 0 Å². The Morgan fingerprint density at radius 2 is 1.88 bits per heavy atom. The summed E-state index contributed by atoms with van der Waals surface area (Å²) >= 11 is 0. The van der Waals surface area contributed by atoms with Gasteiger partial charge in [-0.3, -0.25) is 10.2 Å². The van der Waals surface area contributed by atoms with Crippen LogP contribution in [0.1, 0.15) is 16.8 Å². The number of nitrogens with zero attached hydrogens (tertiary/aromatic N) is 1. The summed E-state index contributed by atoms with van der Waals surface area (Å²) in [5.74, 6) is 4.71. The van der Waals surface area contributed by atoms with Gasteiger partial charge in [0.15, 0.2) is 0 Å². The average Bonchev–Trinajstić information content (AvgIpc) is 2.59. The fourth-order valence-corrected chi connectivity index (χ4v) is 1.99. The number of benzene rings is 1. The van der Waals surface area contributed by atoms with E-state index in [4.69, 9.17) is 9.53 Å². The van der Waals surface area contributed by atoms with Gasteiger partial charge in [0.2, 0.25) is 12.3 Å². The highest BCUT2D eigenvalue weighted by molar-refractivity contribution is 5.55. The lowest BCUT2D eigenvalue weighted by molar-refractivity contribution is -0.138. The molecule has 0 saturated heterocycles. The van der Waals surface area contributed by atoms with Gasteiger partial charge in [-0.1, -0.05) is 12.1 Å². The Morgan fingerprint density at radius 1 is 1.24 bits per heavy atom. The summed E-state index contributed by atoms with van der Waals surface area (Å²) < 4.78 is 44.6. The van der Waals surface area contributed by atoms with Gasteiger partial charge in [0, 0.05) is 30.1 Å². The third-order valence-electron chi connectivity index (χ3n) is 3.05. The molecule has 0 atom stereocenters. The molecule has 2 aromatic rings. The van der Waals surface area contributed by atoms with Crippen molar-refractivity contribution < 1.29 is 22.7 Å².